The van der Waals surface area contributed by atoms with E-state index in [2.05, 4.69) is 17.9 Å². The molecule has 2 saturated heterocycles. The number of benzene rings is 1. The van der Waals surface area contributed by atoms with Gasteiger partial charge in [0.15, 0.2) is 0 Å². The van der Waals surface area contributed by atoms with E-state index in [1.54, 1.807) is 23.4 Å². The molecule has 1 unspecified atom stereocenters. The van der Waals surface area contributed by atoms with E-state index in [1.165, 1.54) is 11.8 Å². The Balaban J connectivity index is 1.72. The third kappa shape index (κ3) is 4.68. The summed E-state index contributed by atoms with van der Waals surface area (Å²) >= 11 is 6.82. The average Bonchev–Trinajstić information content (AvgIpc) is 3.09. The minimum absolute atomic E-state index is 0.113. The van der Waals surface area contributed by atoms with Gasteiger partial charge in [-0.05, 0) is 49.3 Å². The highest BCUT2D eigenvalue weighted by atomic mass is 32.2. The maximum absolute atomic E-state index is 13.3. The Hall–Kier alpha value is -2.89. The zero-order chi connectivity index (χ0) is 24.4. The molecule has 1 aromatic heterocycles. The summed E-state index contributed by atoms with van der Waals surface area (Å²) in [7, 11) is 1.71. The highest BCUT2D eigenvalue weighted by Crippen LogP contribution is 2.36. The fraction of sp³-hybridized carbons (Fsp3) is 0.385. The zero-order valence-electron chi connectivity index (χ0n) is 19.7. The van der Waals surface area contributed by atoms with Crippen molar-refractivity contribution in [2.24, 2.45) is 13.0 Å². The van der Waals surface area contributed by atoms with Crippen LogP contribution in [0.5, 0.6) is 0 Å². The molecule has 0 radical (unpaired) electrons. The maximum Gasteiger partial charge on any atom is 0.270 e. The van der Waals surface area contributed by atoms with Crippen LogP contribution >= 0.6 is 24.0 Å². The molecule has 0 aliphatic carbocycles. The van der Waals surface area contributed by atoms with Gasteiger partial charge in [0.2, 0.25) is 0 Å². The number of carbonyl (C=O) groups excluding carboxylic acids is 1. The van der Waals surface area contributed by atoms with Gasteiger partial charge in [-0.2, -0.15) is 5.26 Å². The van der Waals surface area contributed by atoms with Gasteiger partial charge < -0.3 is 4.90 Å². The third-order valence-electron chi connectivity index (χ3n) is 6.54. The average molecular weight is 493 g/mol. The van der Waals surface area contributed by atoms with Crippen LogP contribution in [0.1, 0.15) is 42.0 Å². The standard InChI is InChI=1S/C26H28N4O2S2/c1-17-8-7-12-29(16-17)23-20(18(2)21(15-27)24(31)28(23)3)14-22-25(32)30(26(33)34-22)13-11-19-9-5-4-6-10-19/h4-6,9-10,14,17H,7-8,11-13,16H2,1-3H3/b22-14+. The first-order valence-electron chi connectivity index (χ1n) is 11.5. The van der Waals surface area contributed by atoms with Crippen molar-refractivity contribution >= 4 is 46.1 Å². The molecule has 6 nitrogen and oxygen atoms in total. The van der Waals surface area contributed by atoms with Crippen molar-refractivity contribution in [2.45, 2.75) is 33.1 Å². The normalized spacial score (nSPS) is 19.7. The monoisotopic (exact) mass is 492 g/mol. The zero-order valence-corrected chi connectivity index (χ0v) is 21.3. The van der Waals surface area contributed by atoms with Crippen LogP contribution in [0, 0.1) is 24.2 Å². The number of thiocarbonyl (C=S) groups is 1. The van der Waals surface area contributed by atoms with Crippen LogP contribution in [-0.2, 0) is 18.3 Å². The van der Waals surface area contributed by atoms with Crippen LogP contribution < -0.4 is 10.5 Å². The molecule has 2 aliphatic heterocycles. The molecular weight excluding hydrogens is 464 g/mol. The van der Waals surface area contributed by atoms with E-state index in [4.69, 9.17) is 12.2 Å². The van der Waals surface area contributed by atoms with E-state index in [1.807, 2.05) is 36.4 Å². The number of anilines is 1. The molecule has 4 rings (SSSR count). The molecule has 8 heteroatoms. The van der Waals surface area contributed by atoms with E-state index >= 15 is 0 Å². The van der Waals surface area contributed by atoms with Gasteiger partial charge in [0.25, 0.3) is 11.5 Å². The second-order valence-electron chi connectivity index (χ2n) is 8.98. The molecule has 2 aromatic rings. The van der Waals surface area contributed by atoms with Crippen LogP contribution in [-0.4, -0.2) is 39.3 Å². The Morgan fingerprint density at radius 1 is 1.26 bits per heavy atom. The van der Waals surface area contributed by atoms with Gasteiger partial charge in [-0.15, -0.1) is 0 Å². The Bertz CT molecular complexity index is 1260. The van der Waals surface area contributed by atoms with Crippen LogP contribution in [0.2, 0.25) is 0 Å². The lowest BCUT2D eigenvalue weighted by atomic mass is 9.98. The third-order valence-corrected chi connectivity index (χ3v) is 7.92. The summed E-state index contributed by atoms with van der Waals surface area (Å²) in [5.74, 6) is 1.14. The van der Waals surface area contributed by atoms with E-state index < -0.39 is 0 Å². The Morgan fingerprint density at radius 2 is 2.00 bits per heavy atom. The van der Waals surface area contributed by atoms with Crippen molar-refractivity contribution < 1.29 is 4.79 Å². The molecule has 2 aliphatic rings. The number of nitriles is 1. The summed E-state index contributed by atoms with van der Waals surface area (Å²) in [6, 6.07) is 12.1. The van der Waals surface area contributed by atoms with Crippen molar-refractivity contribution in [3.8, 4) is 6.07 Å². The van der Waals surface area contributed by atoms with Crippen molar-refractivity contribution in [1.82, 2.24) is 9.47 Å². The van der Waals surface area contributed by atoms with Gasteiger partial charge in [0.05, 0.1) is 4.91 Å². The van der Waals surface area contributed by atoms with Gasteiger partial charge in [-0.3, -0.25) is 19.1 Å². The smallest absolute Gasteiger partial charge is 0.270 e. The second kappa shape index (κ2) is 10.2. The van der Waals surface area contributed by atoms with Crippen LogP contribution in [0.3, 0.4) is 0 Å². The van der Waals surface area contributed by atoms with Gasteiger partial charge in [-0.1, -0.05) is 61.2 Å². The lowest BCUT2D eigenvalue weighted by Crippen LogP contribution is -2.39. The summed E-state index contributed by atoms with van der Waals surface area (Å²) in [6.45, 7) is 6.18. The highest BCUT2D eigenvalue weighted by molar-refractivity contribution is 8.26. The lowest BCUT2D eigenvalue weighted by Gasteiger charge is -2.35. The summed E-state index contributed by atoms with van der Waals surface area (Å²) < 4.78 is 2.09. The van der Waals surface area contributed by atoms with Crippen LogP contribution in [0.25, 0.3) is 6.08 Å². The lowest BCUT2D eigenvalue weighted by molar-refractivity contribution is -0.122. The van der Waals surface area contributed by atoms with E-state index in [0.717, 1.165) is 49.3 Å². The van der Waals surface area contributed by atoms with Gasteiger partial charge >= 0.3 is 0 Å². The van der Waals surface area contributed by atoms with Crippen molar-refractivity contribution in [3.05, 3.63) is 67.8 Å². The number of pyridine rings is 1. The molecule has 0 N–H and O–H groups in total. The molecule has 3 heterocycles. The predicted octanol–water partition coefficient (Wildman–Crippen LogP) is 4.25. The fourth-order valence-corrected chi connectivity index (χ4v) is 5.98. The molecule has 34 heavy (non-hydrogen) atoms. The predicted molar refractivity (Wildman–Crippen MR) is 142 cm³/mol. The second-order valence-corrected chi connectivity index (χ2v) is 10.7. The number of hydrogen-bond acceptors (Lipinski definition) is 6. The Labute approximate surface area is 209 Å². The number of nitrogens with zero attached hydrogens (tertiary/aromatic N) is 4. The summed E-state index contributed by atoms with van der Waals surface area (Å²) in [5, 5.41) is 9.67. The molecular formula is C26H28N4O2S2. The Kier molecular flexibility index (Phi) is 7.24. The number of thioether (sulfide) groups is 1. The maximum atomic E-state index is 13.3. The number of hydrogen-bond donors (Lipinski definition) is 0. The summed E-state index contributed by atoms with van der Waals surface area (Å²) in [5.41, 5.74) is 2.31. The first-order valence-corrected chi connectivity index (χ1v) is 12.7. The summed E-state index contributed by atoms with van der Waals surface area (Å²) in [4.78, 5) is 30.6. The molecule has 2 fully saturated rings. The quantitative estimate of drug-likeness (QED) is 0.459. The molecule has 1 aromatic carbocycles. The van der Waals surface area contributed by atoms with Crippen molar-refractivity contribution in [1.29, 1.82) is 5.26 Å². The molecule has 0 saturated carbocycles. The van der Waals surface area contributed by atoms with Gasteiger partial charge in [0.1, 0.15) is 21.8 Å². The molecule has 1 atom stereocenters. The van der Waals surface area contributed by atoms with Crippen molar-refractivity contribution in [3.63, 3.8) is 0 Å². The number of piperidine rings is 1. The molecule has 176 valence electrons. The van der Waals surface area contributed by atoms with Crippen LogP contribution in [0.15, 0.2) is 40.0 Å². The highest BCUT2D eigenvalue weighted by Gasteiger charge is 2.33. The number of aromatic nitrogens is 1. The van der Waals surface area contributed by atoms with Crippen molar-refractivity contribution in [2.75, 3.05) is 24.5 Å². The number of amides is 1. The summed E-state index contributed by atoms with van der Waals surface area (Å²) in [6.07, 6.45) is 4.73. The fourth-order valence-electron chi connectivity index (χ4n) is 4.69. The first kappa shape index (κ1) is 24.2. The van der Waals surface area contributed by atoms with Gasteiger partial charge in [-0.25, -0.2) is 0 Å². The SMILES string of the molecule is Cc1c(/C=C2/SC(=S)N(CCc3ccccc3)C2=O)c(N2CCCC(C)C2)n(C)c(=O)c1C#N. The Morgan fingerprint density at radius 3 is 2.68 bits per heavy atom. The number of carbonyl (C=O) groups is 1. The molecule has 0 bridgehead atoms. The van der Waals surface area contributed by atoms with E-state index in [9.17, 15) is 14.9 Å². The first-order chi connectivity index (χ1) is 16.3. The topological polar surface area (TPSA) is 69.3 Å². The molecule has 1 amide bonds. The van der Waals surface area contributed by atoms with E-state index in [0.29, 0.717) is 27.3 Å². The van der Waals surface area contributed by atoms with Gasteiger partial charge in [0, 0.05) is 32.2 Å². The van der Waals surface area contributed by atoms with E-state index in [-0.39, 0.29) is 17.0 Å². The molecule has 0 spiro atoms. The number of rotatable bonds is 5. The largest absolute Gasteiger partial charge is 0.357 e. The minimum atomic E-state index is -0.305. The minimum Gasteiger partial charge on any atom is -0.357 e. The van der Waals surface area contributed by atoms with Crippen LogP contribution in [0.4, 0.5) is 5.82 Å².